The van der Waals surface area contributed by atoms with Crippen molar-refractivity contribution in [1.82, 2.24) is 0 Å². The van der Waals surface area contributed by atoms with E-state index < -0.39 is 0 Å². The molecule has 0 aliphatic rings. The molecule has 2 aromatic carbocycles. The van der Waals surface area contributed by atoms with Gasteiger partial charge in [-0.15, -0.1) is 11.8 Å². The number of benzene rings is 2. The third-order valence-electron chi connectivity index (χ3n) is 3.44. The summed E-state index contributed by atoms with van der Waals surface area (Å²) < 4.78 is 0. The van der Waals surface area contributed by atoms with E-state index in [0.29, 0.717) is 17.2 Å². The lowest BCUT2D eigenvalue weighted by Gasteiger charge is -2.13. The molecule has 0 aliphatic heterocycles. The van der Waals surface area contributed by atoms with Gasteiger partial charge in [0.1, 0.15) is 0 Å². The number of para-hydroxylation sites is 1. The molecule has 1 amide bonds. The van der Waals surface area contributed by atoms with E-state index in [1.807, 2.05) is 36.4 Å². The number of rotatable bonds is 6. The van der Waals surface area contributed by atoms with Crippen LogP contribution in [0.2, 0.25) is 0 Å². The highest BCUT2D eigenvalue weighted by atomic mass is 32.2. The molecule has 0 aromatic heterocycles. The number of anilines is 1. The zero-order valence-corrected chi connectivity index (χ0v) is 14.2. The van der Waals surface area contributed by atoms with Gasteiger partial charge in [0.2, 0.25) is 5.91 Å². The molecular formula is C19H20N2OS. The van der Waals surface area contributed by atoms with Crippen LogP contribution in [-0.4, -0.2) is 11.7 Å². The highest BCUT2D eigenvalue weighted by molar-refractivity contribution is 7.99. The molecule has 2 aromatic rings. The third kappa shape index (κ3) is 5.15. The number of hydrogen-bond acceptors (Lipinski definition) is 3. The quantitative estimate of drug-likeness (QED) is 0.848. The smallest absolute Gasteiger partial charge is 0.234 e. The van der Waals surface area contributed by atoms with Gasteiger partial charge in [-0.3, -0.25) is 4.79 Å². The van der Waals surface area contributed by atoms with Crippen LogP contribution in [0.25, 0.3) is 0 Å². The van der Waals surface area contributed by atoms with Gasteiger partial charge in [-0.25, -0.2) is 0 Å². The summed E-state index contributed by atoms with van der Waals surface area (Å²) in [6, 6.07) is 17.5. The molecule has 0 heterocycles. The van der Waals surface area contributed by atoms with E-state index in [2.05, 4.69) is 25.2 Å². The summed E-state index contributed by atoms with van der Waals surface area (Å²) in [5.41, 5.74) is 3.82. The average molecular weight is 324 g/mol. The Hall–Kier alpha value is -2.25. The van der Waals surface area contributed by atoms with Crippen LogP contribution < -0.4 is 5.32 Å². The van der Waals surface area contributed by atoms with Gasteiger partial charge in [-0.2, -0.15) is 5.26 Å². The predicted molar refractivity (Wildman–Crippen MR) is 96.5 cm³/mol. The highest BCUT2D eigenvalue weighted by Crippen LogP contribution is 2.24. The van der Waals surface area contributed by atoms with Crippen LogP contribution in [0.5, 0.6) is 0 Å². The Labute approximate surface area is 141 Å². The molecule has 0 atom stereocenters. The SMILES string of the molecule is CC(C)c1ccccc1NC(=O)CSCc1ccc(C#N)cc1. The van der Waals surface area contributed by atoms with E-state index in [9.17, 15) is 4.79 Å². The first kappa shape index (κ1) is 17.1. The first-order chi connectivity index (χ1) is 11.1. The van der Waals surface area contributed by atoms with Gasteiger partial charge in [-0.1, -0.05) is 44.2 Å². The van der Waals surface area contributed by atoms with Gasteiger partial charge >= 0.3 is 0 Å². The fraction of sp³-hybridized carbons (Fsp3) is 0.263. The monoisotopic (exact) mass is 324 g/mol. The third-order valence-corrected chi connectivity index (χ3v) is 4.45. The van der Waals surface area contributed by atoms with Gasteiger partial charge in [-0.05, 0) is 35.2 Å². The van der Waals surface area contributed by atoms with Gasteiger partial charge in [0.05, 0.1) is 17.4 Å². The van der Waals surface area contributed by atoms with Crippen molar-refractivity contribution in [3.63, 3.8) is 0 Å². The molecule has 1 N–H and O–H groups in total. The average Bonchev–Trinajstić information content (AvgIpc) is 2.56. The second-order valence-corrected chi connectivity index (χ2v) is 6.58. The van der Waals surface area contributed by atoms with Gasteiger partial charge in [0.15, 0.2) is 0 Å². The summed E-state index contributed by atoms with van der Waals surface area (Å²) in [7, 11) is 0. The summed E-state index contributed by atoms with van der Waals surface area (Å²) in [4.78, 5) is 12.1. The number of hydrogen-bond donors (Lipinski definition) is 1. The molecule has 118 valence electrons. The van der Waals surface area contributed by atoms with Crippen LogP contribution in [0.4, 0.5) is 5.69 Å². The summed E-state index contributed by atoms with van der Waals surface area (Å²) in [6.07, 6.45) is 0. The summed E-state index contributed by atoms with van der Waals surface area (Å²) >= 11 is 1.57. The summed E-state index contributed by atoms with van der Waals surface area (Å²) in [5.74, 6) is 1.55. The maximum atomic E-state index is 12.1. The fourth-order valence-electron chi connectivity index (χ4n) is 2.24. The molecule has 4 heteroatoms. The molecular weight excluding hydrogens is 304 g/mol. The zero-order chi connectivity index (χ0) is 16.7. The Bertz CT molecular complexity index is 702. The van der Waals surface area contributed by atoms with Crippen LogP contribution >= 0.6 is 11.8 Å². The van der Waals surface area contributed by atoms with Crippen molar-refractivity contribution in [2.45, 2.75) is 25.5 Å². The van der Waals surface area contributed by atoms with E-state index in [0.717, 1.165) is 22.6 Å². The first-order valence-corrected chi connectivity index (χ1v) is 8.71. The molecule has 0 saturated heterocycles. The minimum atomic E-state index is 0.0109. The highest BCUT2D eigenvalue weighted by Gasteiger charge is 2.09. The molecule has 0 unspecified atom stereocenters. The lowest BCUT2D eigenvalue weighted by Crippen LogP contribution is -2.15. The fourth-order valence-corrected chi connectivity index (χ4v) is 3.03. The van der Waals surface area contributed by atoms with Crippen molar-refractivity contribution in [2.75, 3.05) is 11.1 Å². The van der Waals surface area contributed by atoms with Crippen molar-refractivity contribution in [3.05, 3.63) is 65.2 Å². The van der Waals surface area contributed by atoms with Gasteiger partial charge in [0, 0.05) is 11.4 Å². The van der Waals surface area contributed by atoms with E-state index in [4.69, 9.17) is 5.26 Å². The Morgan fingerprint density at radius 1 is 1.17 bits per heavy atom. The van der Waals surface area contributed by atoms with Crippen molar-refractivity contribution in [3.8, 4) is 6.07 Å². The molecule has 0 radical (unpaired) electrons. The molecule has 0 spiro atoms. The Morgan fingerprint density at radius 2 is 1.87 bits per heavy atom. The molecule has 0 fully saturated rings. The minimum absolute atomic E-state index is 0.0109. The molecule has 0 bridgehead atoms. The topological polar surface area (TPSA) is 52.9 Å². The number of nitriles is 1. The normalized spacial score (nSPS) is 10.3. The standard InChI is InChI=1S/C19H20N2OS/c1-14(2)17-5-3-4-6-18(17)21-19(22)13-23-12-16-9-7-15(11-20)8-10-16/h3-10,14H,12-13H2,1-2H3,(H,21,22). The number of nitrogens with zero attached hydrogens (tertiary/aromatic N) is 1. The van der Waals surface area contributed by atoms with Crippen LogP contribution in [0.1, 0.15) is 36.5 Å². The molecule has 0 aliphatic carbocycles. The van der Waals surface area contributed by atoms with Gasteiger partial charge < -0.3 is 5.32 Å². The van der Waals surface area contributed by atoms with E-state index in [1.54, 1.807) is 23.9 Å². The van der Waals surface area contributed by atoms with Crippen LogP contribution in [0, 0.1) is 11.3 Å². The number of thioether (sulfide) groups is 1. The molecule has 2 rings (SSSR count). The molecule has 3 nitrogen and oxygen atoms in total. The number of amides is 1. The largest absolute Gasteiger partial charge is 0.325 e. The van der Waals surface area contributed by atoms with Crippen molar-refractivity contribution in [1.29, 1.82) is 5.26 Å². The Morgan fingerprint density at radius 3 is 2.52 bits per heavy atom. The maximum Gasteiger partial charge on any atom is 0.234 e. The van der Waals surface area contributed by atoms with Crippen molar-refractivity contribution in [2.24, 2.45) is 0 Å². The zero-order valence-electron chi connectivity index (χ0n) is 13.4. The maximum absolute atomic E-state index is 12.1. The van der Waals surface area contributed by atoms with E-state index in [-0.39, 0.29) is 5.91 Å². The van der Waals surface area contributed by atoms with Crippen LogP contribution in [0.15, 0.2) is 48.5 Å². The second kappa shape index (κ2) is 8.40. The summed E-state index contributed by atoms with van der Waals surface area (Å²) in [6.45, 7) is 4.23. The lowest BCUT2D eigenvalue weighted by molar-refractivity contribution is -0.113. The van der Waals surface area contributed by atoms with Gasteiger partial charge in [0.25, 0.3) is 0 Å². The van der Waals surface area contributed by atoms with Crippen molar-refractivity contribution >= 4 is 23.4 Å². The lowest BCUT2D eigenvalue weighted by atomic mass is 10.0. The predicted octanol–water partition coefficient (Wildman–Crippen LogP) is 4.55. The number of nitrogens with one attached hydrogen (secondary N) is 1. The number of carbonyl (C=O) groups excluding carboxylic acids is 1. The minimum Gasteiger partial charge on any atom is -0.325 e. The van der Waals surface area contributed by atoms with Crippen LogP contribution in [-0.2, 0) is 10.5 Å². The van der Waals surface area contributed by atoms with Crippen LogP contribution in [0.3, 0.4) is 0 Å². The molecule has 0 saturated carbocycles. The Kier molecular flexibility index (Phi) is 6.25. The second-order valence-electron chi connectivity index (χ2n) is 5.59. The molecule has 23 heavy (non-hydrogen) atoms. The van der Waals surface area contributed by atoms with E-state index in [1.165, 1.54) is 0 Å². The first-order valence-electron chi connectivity index (χ1n) is 7.55. The Balaban J connectivity index is 1.85. The summed E-state index contributed by atoms with van der Waals surface area (Å²) in [5, 5.41) is 11.8. The van der Waals surface area contributed by atoms with Crippen molar-refractivity contribution < 1.29 is 4.79 Å². The number of carbonyl (C=O) groups is 1. The van der Waals surface area contributed by atoms with E-state index >= 15 is 0 Å².